The van der Waals surface area contributed by atoms with Gasteiger partial charge in [-0.2, -0.15) is 0 Å². The summed E-state index contributed by atoms with van der Waals surface area (Å²) in [7, 11) is 0. The number of carbonyl (C=O) groups is 1. The van der Waals surface area contributed by atoms with E-state index in [1.807, 2.05) is 0 Å². The number of carbonyl (C=O) groups excluding carboxylic acids is 1. The van der Waals surface area contributed by atoms with Crippen LogP contribution in [0.5, 0.6) is 0 Å². The first-order valence-electron chi connectivity index (χ1n) is 8.25. The summed E-state index contributed by atoms with van der Waals surface area (Å²) in [6.07, 6.45) is 12.6. The van der Waals surface area contributed by atoms with Gasteiger partial charge in [-0.3, -0.25) is 4.79 Å². The molecule has 0 bridgehead atoms. The van der Waals surface area contributed by atoms with Crippen LogP contribution in [0, 0.1) is 0 Å². The van der Waals surface area contributed by atoms with Crippen molar-refractivity contribution in [3.8, 4) is 0 Å². The Morgan fingerprint density at radius 1 is 1.16 bits per heavy atom. The van der Waals surface area contributed by atoms with Gasteiger partial charge in [-0.25, -0.2) is 0 Å². The third kappa shape index (κ3) is 8.25. The molecule has 1 fully saturated rings. The van der Waals surface area contributed by atoms with E-state index in [0.29, 0.717) is 18.6 Å². The van der Waals surface area contributed by atoms with E-state index in [1.54, 1.807) is 0 Å². The van der Waals surface area contributed by atoms with Crippen LogP contribution < -0.4 is 10.6 Å². The summed E-state index contributed by atoms with van der Waals surface area (Å²) < 4.78 is 0. The molecule has 1 aliphatic rings. The van der Waals surface area contributed by atoms with E-state index in [1.165, 1.54) is 51.4 Å². The summed E-state index contributed by atoms with van der Waals surface area (Å²) in [5.41, 5.74) is 0. The molecule has 3 nitrogen and oxygen atoms in total. The van der Waals surface area contributed by atoms with E-state index in [2.05, 4.69) is 24.5 Å². The fraction of sp³-hybridized carbons (Fsp3) is 0.938. The summed E-state index contributed by atoms with van der Waals surface area (Å²) >= 11 is 0. The van der Waals surface area contributed by atoms with Crippen molar-refractivity contribution in [2.75, 3.05) is 6.54 Å². The third-order valence-electron chi connectivity index (χ3n) is 4.07. The van der Waals surface area contributed by atoms with Gasteiger partial charge in [0.05, 0.1) is 6.54 Å². The Kier molecular flexibility index (Phi) is 8.89. The topological polar surface area (TPSA) is 41.1 Å². The molecule has 19 heavy (non-hydrogen) atoms. The Morgan fingerprint density at radius 2 is 1.89 bits per heavy atom. The van der Waals surface area contributed by atoms with Gasteiger partial charge in [0.25, 0.3) is 0 Å². The van der Waals surface area contributed by atoms with Crippen molar-refractivity contribution >= 4 is 5.91 Å². The quantitative estimate of drug-likeness (QED) is 0.629. The van der Waals surface area contributed by atoms with Gasteiger partial charge in [0.2, 0.25) is 5.91 Å². The highest BCUT2D eigenvalue weighted by Crippen LogP contribution is 2.17. The Balaban J connectivity index is 2.01. The van der Waals surface area contributed by atoms with Gasteiger partial charge in [0, 0.05) is 12.1 Å². The lowest BCUT2D eigenvalue weighted by molar-refractivity contribution is -0.121. The highest BCUT2D eigenvalue weighted by molar-refractivity contribution is 5.78. The third-order valence-corrected chi connectivity index (χ3v) is 4.07. The maximum atomic E-state index is 11.8. The van der Waals surface area contributed by atoms with Crippen molar-refractivity contribution in [1.82, 2.24) is 10.6 Å². The van der Waals surface area contributed by atoms with Gasteiger partial charge < -0.3 is 10.6 Å². The molecule has 0 aliphatic heterocycles. The van der Waals surface area contributed by atoms with Gasteiger partial charge >= 0.3 is 0 Å². The lowest BCUT2D eigenvalue weighted by Gasteiger charge is -2.23. The lowest BCUT2D eigenvalue weighted by atomic mass is 9.95. The fourth-order valence-corrected chi connectivity index (χ4v) is 2.77. The monoisotopic (exact) mass is 268 g/mol. The van der Waals surface area contributed by atoms with Crippen LogP contribution in [0.4, 0.5) is 0 Å². The SMILES string of the molecule is CCCCCCC(C)NCC(=O)NC1CCCCC1. The van der Waals surface area contributed by atoms with E-state index >= 15 is 0 Å². The molecule has 2 N–H and O–H groups in total. The summed E-state index contributed by atoms with van der Waals surface area (Å²) in [5.74, 6) is 0.173. The lowest BCUT2D eigenvalue weighted by Crippen LogP contribution is -2.43. The molecule has 0 radical (unpaired) electrons. The minimum atomic E-state index is 0.173. The molecule has 0 heterocycles. The molecule has 0 saturated heterocycles. The van der Waals surface area contributed by atoms with Gasteiger partial charge in [-0.1, -0.05) is 51.9 Å². The Hall–Kier alpha value is -0.570. The first-order chi connectivity index (χ1) is 9.22. The average molecular weight is 268 g/mol. The van der Waals surface area contributed by atoms with Crippen molar-refractivity contribution < 1.29 is 4.79 Å². The Morgan fingerprint density at radius 3 is 2.58 bits per heavy atom. The van der Waals surface area contributed by atoms with Crippen molar-refractivity contribution in [2.45, 2.75) is 90.1 Å². The van der Waals surface area contributed by atoms with Crippen molar-refractivity contribution in [3.05, 3.63) is 0 Å². The van der Waals surface area contributed by atoms with Crippen molar-refractivity contribution in [1.29, 1.82) is 0 Å². The van der Waals surface area contributed by atoms with Gasteiger partial charge in [-0.15, -0.1) is 0 Å². The summed E-state index contributed by atoms with van der Waals surface area (Å²) in [6, 6.07) is 0.886. The zero-order valence-corrected chi connectivity index (χ0v) is 12.8. The Bertz CT molecular complexity index is 237. The van der Waals surface area contributed by atoms with Gasteiger partial charge in [-0.05, 0) is 26.2 Å². The van der Waals surface area contributed by atoms with Crippen LogP contribution in [-0.2, 0) is 4.79 Å². The average Bonchev–Trinajstić information content (AvgIpc) is 2.42. The van der Waals surface area contributed by atoms with E-state index < -0.39 is 0 Å². The molecule has 0 aromatic rings. The van der Waals surface area contributed by atoms with Crippen LogP contribution in [0.1, 0.15) is 78.1 Å². The van der Waals surface area contributed by atoms with Crippen molar-refractivity contribution in [3.63, 3.8) is 0 Å². The molecule has 0 spiro atoms. The maximum Gasteiger partial charge on any atom is 0.234 e. The number of hydrogen-bond acceptors (Lipinski definition) is 2. The highest BCUT2D eigenvalue weighted by Gasteiger charge is 2.15. The molecule has 0 aromatic heterocycles. The standard InChI is InChI=1S/C16H32N2O/c1-3-4-5-7-10-14(2)17-13-16(19)18-15-11-8-6-9-12-15/h14-15,17H,3-13H2,1-2H3,(H,18,19). The minimum Gasteiger partial charge on any atom is -0.352 e. The van der Waals surface area contributed by atoms with E-state index in [4.69, 9.17) is 0 Å². The number of rotatable bonds is 9. The van der Waals surface area contributed by atoms with E-state index in [-0.39, 0.29) is 5.91 Å². The molecule has 112 valence electrons. The van der Waals surface area contributed by atoms with Crippen LogP contribution in [0.2, 0.25) is 0 Å². The molecular weight excluding hydrogens is 236 g/mol. The molecule has 1 saturated carbocycles. The van der Waals surface area contributed by atoms with Crippen LogP contribution >= 0.6 is 0 Å². The van der Waals surface area contributed by atoms with Crippen molar-refractivity contribution in [2.24, 2.45) is 0 Å². The van der Waals surface area contributed by atoms with E-state index in [0.717, 1.165) is 12.8 Å². The van der Waals surface area contributed by atoms with Gasteiger partial charge in [0.1, 0.15) is 0 Å². The first kappa shape index (κ1) is 16.5. The van der Waals surface area contributed by atoms with Crippen LogP contribution in [0.3, 0.4) is 0 Å². The summed E-state index contributed by atoms with van der Waals surface area (Å²) in [5, 5.41) is 6.49. The highest BCUT2D eigenvalue weighted by atomic mass is 16.1. The molecule has 1 aliphatic carbocycles. The second-order valence-corrected chi connectivity index (χ2v) is 6.03. The molecule has 1 atom stereocenters. The fourth-order valence-electron chi connectivity index (χ4n) is 2.77. The summed E-state index contributed by atoms with van der Waals surface area (Å²) in [4.78, 5) is 11.8. The van der Waals surface area contributed by atoms with Gasteiger partial charge in [0.15, 0.2) is 0 Å². The second-order valence-electron chi connectivity index (χ2n) is 6.03. The predicted molar refractivity (Wildman–Crippen MR) is 81.2 cm³/mol. The molecule has 0 aromatic carbocycles. The number of nitrogens with one attached hydrogen (secondary N) is 2. The maximum absolute atomic E-state index is 11.8. The summed E-state index contributed by atoms with van der Waals surface area (Å²) in [6.45, 7) is 4.89. The predicted octanol–water partition coefficient (Wildman–Crippen LogP) is 3.38. The molecule has 1 rings (SSSR count). The zero-order chi connectivity index (χ0) is 13.9. The van der Waals surface area contributed by atoms with Crippen LogP contribution in [0.25, 0.3) is 0 Å². The molecule has 1 unspecified atom stereocenters. The van der Waals surface area contributed by atoms with E-state index in [9.17, 15) is 4.79 Å². The smallest absolute Gasteiger partial charge is 0.234 e. The number of amides is 1. The molecule has 3 heteroatoms. The second kappa shape index (κ2) is 10.2. The first-order valence-corrected chi connectivity index (χ1v) is 8.25. The number of hydrogen-bond donors (Lipinski definition) is 2. The normalized spacial score (nSPS) is 18.2. The minimum absolute atomic E-state index is 0.173. The number of unbranched alkanes of at least 4 members (excludes halogenated alkanes) is 3. The molecular formula is C16H32N2O. The van der Waals surface area contributed by atoms with Crippen LogP contribution in [0.15, 0.2) is 0 Å². The van der Waals surface area contributed by atoms with Crippen LogP contribution in [-0.4, -0.2) is 24.5 Å². The Labute approximate surface area is 118 Å². The largest absolute Gasteiger partial charge is 0.352 e. The molecule has 1 amide bonds. The zero-order valence-electron chi connectivity index (χ0n) is 12.8.